The molecule has 2 N–H and O–H groups in total. The van der Waals surface area contributed by atoms with Gasteiger partial charge in [0.15, 0.2) is 11.4 Å². The van der Waals surface area contributed by atoms with Crippen LogP contribution in [0.25, 0.3) is 0 Å². The molecule has 10 nitrogen and oxygen atoms in total. The minimum atomic E-state index is -0.281. The van der Waals surface area contributed by atoms with Crippen LogP contribution in [0.2, 0.25) is 5.02 Å². The number of anilines is 4. The van der Waals surface area contributed by atoms with E-state index in [-0.39, 0.29) is 5.91 Å². The average molecular weight is 499 g/mol. The Morgan fingerprint density at radius 3 is 2.74 bits per heavy atom. The lowest BCUT2D eigenvalue weighted by molar-refractivity contribution is -0.102. The van der Waals surface area contributed by atoms with E-state index in [1.165, 1.54) is 23.7 Å². The zero-order chi connectivity index (χ0) is 24.1. The third-order valence-electron chi connectivity index (χ3n) is 5.12. The zero-order valence-corrected chi connectivity index (χ0v) is 20.2. The van der Waals surface area contributed by atoms with E-state index in [9.17, 15) is 9.59 Å². The topological polar surface area (TPSA) is 116 Å². The third kappa shape index (κ3) is 5.67. The van der Waals surface area contributed by atoms with Crippen LogP contribution in [0, 0.1) is 13.8 Å². The van der Waals surface area contributed by atoms with Crippen LogP contribution in [0.4, 0.5) is 22.5 Å². The number of carbonyl (C=O) groups is 2. The van der Waals surface area contributed by atoms with E-state index in [1.807, 2.05) is 37.1 Å². The van der Waals surface area contributed by atoms with Gasteiger partial charge >= 0.3 is 0 Å². The largest absolute Gasteiger partial charge is 0.353 e. The van der Waals surface area contributed by atoms with Crippen LogP contribution in [0.1, 0.15) is 21.1 Å². The number of hydrogen-bond donors (Lipinski definition) is 2. The number of nitrogens with one attached hydrogen (secondary N) is 2. The van der Waals surface area contributed by atoms with Crippen LogP contribution in [-0.2, 0) is 4.79 Å². The molecule has 0 atom stereocenters. The van der Waals surface area contributed by atoms with E-state index in [1.54, 1.807) is 6.07 Å². The smallest absolute Gasteiger partial charge is 0.267 e. The number of piperazine rings is 1. The Bertz CT molecular complexity index is 1200. The molecule has 1 fully saturated rings. The molecule has 0 spiro atoms. The van der Waals surface area contributed by atoms with Gasteiger partial charge in [-0.25, -0.2) is 15.0 Å². The lowest BCUT2D eigenvalue weighted by Crippen LogP contribution is -2.44. The molecule has 0 unspecified atom stereocenters. The summed E-state index contributed by atoms with van der Waals surface area (Å²) in [6, 6.07) is 7.30. The van der Waals surface area contributed by atoms with Gasteiger partial charge in [0.05, 0.1) is 36.2 Å². The van der Waals surface area contributed by atoms with Gasteiger partial charge in [-0.1, -0.05) is 35.1 Å². The van der Waals surface area contributed by atoms with Crippen molar-refractivity contribution in [1.29, 1.82) is 0 Å². The summed E-state index contributed by atoms with van der Waals surface area (Å²) in [7, 11) is 0. The molecule has 1 saturated heterocycles. The number of benzene rings is 1. The minimum Gasteiger partial charge on any atom is -0.353 e. The fraction of sp³-hybridized carbons (Fsp3) is 0.273. The van der Waals surface area contributed by atoms with Crippen molar-refractivity contribution >= 4 is 63.8 Å². The fourth-order valence-electron chi connectivity index (χ4n) is 3.45. The van der Waals surface area contributed by atoms with Crippen LogP contribution in [0.5, 0.6) is 0 Å². The van der Waals surface area contributed by atoms with E-state index >= 15 is 0 Å². The molecule has 0 aliphatic carbocycles. The number of para-hydroxylation sites is 1. The Hall–Kier alpha value is -3.57. The summed E-state index contributed by atoms with van der Waals surface area (Å²) in [4.78, 5) is 39.1. The van der Waals surface area contributed by atoms with Gasteiger partial charge in [0.1, 0.15) is 22.3 Å². The van der Waals surface area contributed by atoms with E-state index in [2.05, 4.69) is 35.6 Å². The molecule has 3 aromatic rings. The molecular formula is C22H23ClN8O2S. The normalized spacial score (nSPS) is 13.9. The molecule has 0 saturated carbocycles. The van der Waals surface area contributed by atoms with Gasteiger partial charge in [0.2, 0.25) is 0 Å². The van der Waals surface area contributed by atoms with Gasteiger partial charge in [-0.3, -0.25) is 14.6 Å². The third-order valence-corrected chi connectivity index (χ3v) is 6.35. The quantitative estimate of drug-likeness (QED) is 0.375. The number of amides is 1. The summed E-state index contributed by atoms with van der Waals surface area (Å²) in [6.07, 6.45) is 3.44. The number of aryl methyl sites for hydroxylation is 2. The lowest BCUT2D eigenvalue weighted by Gasteiger charge is -2.33. The number of aldehydes is 1. The number of thiazole rings is 1. The maximum atomic E-state index is 12.7. The number of hydrogen-bond acceptors (Lipinski definition) is 10. The highest BCUT2D eigenvalue weighted by Crippen LogP contribution is 2.28. The molecule has 1 aliphatic heterocycles. The Morgan fingerprint density at radius 1 is 1.21 bits per heavy atom. The van der Waals surface area contributed by atoms with Crippen molar-refractivity contribution in [2.75, 3.05) is 41.7 Å². The summed E-state index contributed by atoms with van der Waals surface area (Å²) in [5.41, 5.74) is 1.47. The summed E-state index contributed by atoms with van der Waals surface area (Å²) < 4.78 is 0. The highest BCUT2D eigenvalue weighted by Gasteiger charge is 2.19. The van der Waals surface area contributed by atoms with Crippen LogP contribution in [-0.4, -0.2) is 64.5 Å². The molecule has 0 bridgehead atoms. The first-order valence-corrected chi connectivity index (χ1v) is 11.7. The first kappa shape index (κ1) is 23.6. The lowest BCUT2D eigenvalue weighted by atomic mass is 10.2. The van der Waals surface area contributed by atoms with Gasteiger partial charge in [-0.05, 0) is 25.5 Å². The summed E-state index contributed by atoms with van der Waals surface area (Å²) in [6.45, 7) is 6.52. The van der Waals surface area contributed by atoms with Gasteiger partial charge in [-0.15, -0.1) is 0 Å². The van der Waals surface area contributed by atoms with E-state index < -0.39 is 0 Å². The number of aromatic nitrogens is 3. The van der Waals surface area contributed by atoms with Crippen LogP contribution in [0.3, 0.4) is 0 Å². The summed E-state index contributed by atoms with van der Waals surface area (Å²) in [5.74, 6) is 1.71. The first-order chi connectivity index (χ1) is 16.4. The van der Waals surface area contributed by atoms with Crippen molar-refractivity contribution in [3.63, 3.8) is 0 Å². The van der Waals surface area contributed by atoms with E-state index in [0.717, 1.165) is 24.5 Å². The number of nitrogens with zero attached hydrogens (tertiary/aromatic N) is 6. The second kappa shape index (κ2) is 10.6. The highest BCUT2D eigenvalue weighted by molar-refractivity contribution is 7.17. The van der Waals surface area contributed by atoms with Gasteiger partial charge in [0, 0.05) is 19.2 Å². The van der Waals surface area contributed by atoms with Crippen LogP contribution >= 0.6 is 22.9 Å². The van der Waals surface area contributed by atoms with Gasteiger partial charge in [-0.2, -0.15) is 5.10 Å². The monoisotopic (exact) mass is 498 g/mol. The van der Waals surface area contributed by atoms with Gasteiger partial charge < -0.3 is 15.5 Å². The zero-order valence-electron chi connectivity index (χ0n) is 18.7. The van der Waals surface area contributed by atoms with Crippen molar-refractivity contribution in [3.05, 3.63) is 51.7 Å². The number of carbonyl (C=O) groups excluding carboxylic acids is 2. The summed E-state index contributed by atoms with van der Waals surface area (Å²) >= 11 is 7.44. The predicted octanol–water partition coefficient (Wildman–Crippen LogP) is 3.51. The summed E-state index contributed by atoms with van der Waals surface area (Å²) in [5, 5.41) is 13.0. The van der Waals surface area contributed by atoms with E-state index in [4.69, 9.17) is 11.6 Å². The molecule has 0 radical (unpaired) electrons. The van der Waals surface area contributed by atoms with Crippen molar-refractivity contribution in [1.82, 2.24) is 20.0 Å². The molecule has 3 heterocycles. The molecule has 4 rings (SSSR count). The maximum absolute atomic E-state index is 12.7. The van der Waals surface area contributed by atoms with Crippen molar-refractivity contribution in [3.8, 4) is 0 Å². The number of hydrazone groups is 1. The van der Waals surface area contributed by atoms with Crippen LogP contribution in [0.15, 0.2) is 35.6 Å². The van der Waals surface area contributed by atoms with Crippen molar-refractivity contribution < 1.29 is 9.59 Å². The maximum Gasteiger partial charge on any atom is 0.267 e. The number of halogens is 1. The molecule has 12 heteroatoms. The molecule has 1 aromatic carbocycles. The SMILES string of the molecule is Cc1nc(Nc2ncc(C(=O)Nc3c(C)cccc3Cl)s2)cc(N2CCN(/N=C/C=O)CC2)n1. The molecule has 1 amide bonds. The Kier molecular flexibility index (Phi) is 7.33. The standard InChI is InChI=1S/C22H23ClN8O2S/c1-14-4-3-5-16(23)20(14)29-21(33)17-13-24-22(34-17)28-18-12-19(27-15(2)26-18)30-7-9-31(10-8-30)25-6-11-32/h3-6,11-13H,7-10H2,1-2H3,(H,29,33)(H,24,26,27,28)/b25-6+. The Balaban J connectivity index is 1.43. The number of rotatable bonds is 7. The Morgan fingerprint density at radius 2 is 2.00 bits per heavy atom. The second-order valence-corrected chi connectivity index (χ2v) is 8.98. The highest BCUT2D eigenvalue weighted by atomic mass is 35.5. The van der Waals surface area contributed by atoms with E-state index in [0.29, 0.717) is 51.7 Å². The molecule has 34 heavy (non-hydrogen) atoms. The van der Waals surface area contributed by atoms with Crippen molar-refractivity contribution in [2.45, 2.75) is 13.8 Å². The van der Waals surface area contributed by atoms with Crippen molar-refractivity contribution in [2.24, 2.45) is 5.10 Å². The predicted molar refractivity (Wildman–Crippen MR) is 135 cm³/mol. The molecule has 2 aromatic heterocycles. The molecule has 1 aliphatic rings. The first-order valence-electron chi connectivity index (χ1n) is 10.6. The Labute approximate surface area is 205 Å². The molecule has 176 valence electrons. The average Bonchev–Trinajstić information content (AvgIpc) is 3.28. The minimum absolute atomic E-state index is 0.281. The molecular weight excluding hydrogens is 476 g/mol. The van der Waals surface area contributed by atoms with Crippen LogP contribution < -0.4 is 15.5 Å². The fourth-order valence-corrected chi connectivity index (χ4v) is 4.44. The van der Waals surface area contributed by atoms with Gasteiger partial charge in [0.25, 0.3) is 5.91 Å². The second-order valence-electron chi connectivity index (χ2n) is 7.54.